The molecule has 5 rings (SSSR count). The molecule has 1 amide bonds. The number of hydrogen-bond donors (Lipinski definition) is 1. The van der Waals surface area contributed by atoms with Crippen LogP contribution < -0.4 is 19.1 Å². The predicted molar refractivity (Wildman–Crippen MR) is 156 cm³/mol. The molecule has 0 radical (unpaired) electrons. The van der Waals surface area contributed by atoms with Crippen molar-refractivity contribution in [1.82, 2.24) is 10.2 Å². The minimum absolute atomic E-state index is 0.0670. The number of nitrogens with zero attached hydrogens (tertiary/aromatic N) is 3. The Balaban J connectivity index is 1.54. The van der Waals surface area contributed by atoms with Crippen LogP contribution in [0.4, 0.5) is 5.13 Å². The van der Waals surface area contributed by atoms with E-state index in [1.165, 1.54) is 23.3 Å². The number of hydrogen-bond acceptors (Lipinski definition) is 9. The molecular weight excluding hydrogens is 542 g/mol. The van der Waals surface area contributed by atoms with E-state index >= 15 is 0 Å². The van der Waals surface area contributed by atoms with Crippen LogP contribution in [0.1, 0.15) is 40.2 Å². The minimum Gasteiger partial charge on any atom is -0.507 e. The maximum atomic E-state index is 13.4. The van der Waals surface area contributed by atoms with E-state index < -0.39 is 17.7 Å². The van der Waals surface area contributed by atoms with Crippen molar-refractivity contribution in [2.75, 3.05) is 18.6 Å². The van der Waals surface area contributed by atoms with E-state index in [0.29, 0.717) is 46.6 Å². The smallest absolute Gasteiger partial charge is 0.301 e. The van der Waals surface area contributed by atoms with E-state index in [9.17, 15) is 14.7 Å². The Morgan fingerprint density at radius 1 is 0.976 bits per heavy atom. The van der Waals surface area contributed by atoms with Crippen molar-refractivity contribution in [3.05, 3.63) is 99.6 Å². The van der Waals surface area contributed by atoms with Gasteiger partial charge in [0, 0.05) is 5.56 Å². The second-order valence-electron chi connectivity index (χ2n) is 9.36. The van der Waals surface area contributed by atoms with E-state index in [-0.39, 0.29) is 16.5 Å². The van der Waals surface area contributed by atoms with Crippen LogP contribution in [0.25, 0.3) is 5.76 Å². The Hall–Kier alpha value is -4.70. The number of aryl methyl sites for hydroxylation is 2. The Kier molecular flexibility index (Phi) is 8.02. The molecule has 41 heavy (non-hydrogen) atoms. The van der Waals surface area contributed by atoms with E-state index in [0.717, 1.165) is 11.1 Å². The molecule has 0 aliphatic carbocycles. The van der Waals surface area contributed by atoms with E-state index in [1.807, 2.05) is 38.1 Å². The summed E-state index contributed by atoms with van der Waals surface area (Å²) >= 11 is 1.18. The minimum atomic E-state index is -0.969. The van der Waals surface area contributed by atoms with Gasteiger partial charge in [-0.1, -0.05) is 41.7 Å². The largest absolute Gasteiger partial charge is 0.507 e. The Bertz CT molecular complexity index is 1630. The molecule has 1 saturated heterocycles. The zero-order chi connectivity index (χ0) is 29.1. The number of ketones is 1. The number of aromatic nitrogens is 2. The Labute approximate surface area is 241 Å². The van der Waals surface area contributed by atoms with E-state index in [1.54, 1.807) is 49.4 Å². The van der Waals surface area contributed by atoms with Crippen molar-refractivity contribution in [3.63, 3.8) is 0 Å². The van der Waals surface area contributed by atoms with Crippen molar-refractivity contribution in [3.8, 4) is 17.2 Å². The van der Waals surface area contributed by atoms with Gasteiger partial charge in [0.05, 0.1) is 25.3 Å². The summed E-state index contributed by atoms with van der Waals surface area (Å²) < 4.78 is 17.1. The third kappa shape index (κ3) is 5.51. The van der Waals surface area contributed by atoms with Crippen molar-refractivity contribution in [1.29, 1.82) is 0 Å². The summed E-state index contributed by atoms with van der Waals surface area (Å²) in [5.74, 6) is -0.396. The zero-order valence-electron chi connectivity index (χ0n) is 23.1. The van der Waals surface area contributed by atoms with Gasteiger partial charge in [0.1, 0.15) is 23.1 Å². The number of carbonyl (C=O) groups is 2. The molecule has 1 aliphatic rings. The molecule has 0 saturated carbocycles. The first-order valence-electron chi connectivity index (χ1n) is 13.0. The first kappa shape index (κ1) is 27.9. The summed E-state index contributed by atoms with van der Waals surface area (Å²) in [6, 6.07) is 18.9. The van der Waals surface area contributed by atoms with Crippen LogP contribution in [0.5, 0.6) is 17.2 Å². The molecule has 1 aromatic heterocycles. The molecule has 3 aromatic carbocycles. The van der Waals surface area contributed by atoms with Crippen LogP contribution in [0.2, 0.25) is 0 Å². The number of anilines is 1. The summed E-state index contributed by atoms with van der Waals surface area (Å²) in [7, 11) is 1.51. The monoisotopic (exact) mass is 571 g/mol. The highest BCUT2D eigenvalue weighted by Crippen LogP contribution is 2.44. The van der Waals surface area contributed by atoms with Crippen LogP contribution in [-0.2, 0) is 16.2 Å². The van der Waals surface area contributed by atoms with Gasteiger partial charge in [-0.15, -0.1) is 10.2 Å². The lowest BCUT2D eigenvalue weighted by Crippen LogP contribution is -2.29. The second kappa shape index (κ2) is 11.8. The van der Waals surface area contributed by atoms with Gasteiger partial charge in [-0.3, -0.25) is 14.5 Å². The summed E-state index contributed by atoms with van der Waals surface area (Å²) in [5, 5.41) is 20.5. The molecule has 1 aliphatic heterocycles. The first-order valence-corrected chi connectivity index (χ1v) is 13.8. The highest BCUT2D eigenvalue weighted by atomic mass is 32.1. The SMILES string of the molecule is CCOc1ccc(C2/C(=C(\O)c3ccc(OCc4ccccc4C)cc3)C(=O)C(=O)N2c2nnc(C)s2)cc1OC. The first-order chi connectivity index (χ1) is 19.8. The maximum Gasteiger partial charge on any atom is 0.301 e. The van der Waals surface area contributed by atoms with Gasteiger partial charge in [-0.05, 0) is 73.9 Å². The molecule has 2 heterocycles. The van der Waals surface area contributed by atoms with Gasteiger partial charge < -0.3 is 19.3 Å². The fourth-order valence-corrected chi connectivity index (χ4v) is 5.37. The van der Waals surface area contributed by atoms with Gasteiger partial charge >= 0.3 is 5.91 Å². The Morgan fingerprint density at radius 3 is 2.39 bits per heavy atom. The lowest BCUT2D eigenvalue weighted by Gasteiger charge is -2.23. The predicted octanol–water partition coefficient (Wildman–Crippen LogP) is 5.77. The van der Waals surface area contributed by atoms with Gasteiger partial charge in [-0.25, -0.2) is 0 Å². The molecule has 1 atom stereocenters. The fraction of sp³-hybridized carbons (Fsp3) is 0.226. The fourth-order valence-electron chi connectivity index (χ4n) is 4.66. The molecular formula is C31H29N3O6S. The van der Waals surface area contributed by atoms with Gasteiger partial charge in [0.15, 0.2) is 11.5 Å². The number of rotatable bonds is 9. The van der Waals surface area contributed by atoms with Crippen LogP contribution in [-0.4, -0.2) is 40.7 Å². The van der Waals surface area contributed by atoms with E-state index in [4.69, 9.17) is 14.2 Å². The highest BCUT2D eigenvalue weighted by molar-refractivity contribution is 7.15. The van der Waals surface area contributed by atoms with Crippen LogP contribution in [0.3, 0.4) is 0 Å². The number of ether oxygens (including phenoxy) is 3. The number of aliphatic hydroxyl groups excluding tert-OH is 1. The molecule has 4 aromatic rings. The molecule has 10 heteroatoms. The quantitative estimate of drug-likeness (QED) is 0.153. The average molecular weight is 572 g/mol. The summed E-state index contributed by atoms with van der Waals surface area (Å²) in [4.78, 5) is 28.1. The lowest BCUT2D eigenvalue weighted by molar-refractivity contribution is -0.132. The van der Waals surface area contributed by atoms with Crippen molar-refractivity contribution in [2.45, 2.75) is 33.4 Å². The lowest BCUT2D eigenvalue weighted by atomic mass is 9.95. The number of methoxy groups -OCH3 is 1. The van der Waals surface area contributed by atoms with Crippen molar-refractivity contribution in [2.24, 2.45) is 0 Å². The standard InChI is InChI=1S/C31H29N3O6S/c1-5-39-24-15-12-21(16-25(24)38-4)27-26(29(36)30(37)34(27)31-33-32-19(3)41-31)28(35)20-10-13-23(14-11-20)40-17-22-9-7-6-8-18(22)2/h6-16,27,35H,5,17H2,1-4H3/b28-26+. The van der Waals surface area contributed by atoms with Gasteiger partial charge in [0.25, 0.3) is 5.78 Å². The molecule has 1 fully saturated rings. The highest BCUT2D eigenvalue weighted by Gasteiger charge is 2.48. The van der Waals surface area contributed by atoms with Crippen LogP contribution in [0.15, 0.2) is 72.3 Å². The number of aliphatic hydroxyl groups is 1. The van der Waals surface area contributed by atoms with Crippen molar-refractivity contribution >= 4 is 33.9 Å². The summed E-state index contributed by atoms with van der Waals surface area (Å²) in [6.07, 6.45) is 0. The number of carbonyl (C=O) groups excluding carboxylic acids is 2. The second-order valence-corrected chi connectivity index (χ2v) is 10.5. The molecule has 0 spiro atoms. The molecule has 1 unspecified atom stereocenters. The molecule has 1 N–H and O–H groups in total. The maximum absolute atomic E-state index is 13.4. The Morgan fingerprint density at radius 2 is 1.73 bits per heavy atom. The van der Waals surface area contributed by atoms with Gasteiger partial charge in [0.2, 0.25) is 5.13 Å². The number of benzene rings is 3. The van der Waals surface area contributed by atoms with Crippen LogP contribution in [0, 0.1) is 13.8 Å². The van der Waals surface area contributed by atoms with Crippen molar-refractivity contribution < 1.29 is 28.9 Å². The zero-order valence-corrected chi connectivity index (χ0v) is 23.9. The molecule has 9 nitrogen and oxygen atoms in total. The topological polar surface area (TPSA) is 111 Å². The van der Waals surface area contributed by atoms with Gasteiger partial charge in [-0.2, -0.15) is 0 Å². The normalized spacial score (nSPS) is 16.2. The third-order valence-electron chi connectivity index (χ3n) is 6.75. The van der Waals surface area contributed by atoms with E-state index in [2.05, 4.69) is 10.2 Å². The van der Waals surface area contributed by atoms with Crippen LogP contribution >= 0.6 is 11.3 Å². The average Bonchev–Trinajstić information content (AvgIpc) is 3.52. The summed E-state index contributed by atoms with van der Waals surface area (Å²) in [6.45, 7) is 6.47. The molecule has 210 valence electrons. The number of Topliss-reactive ketones (excluding diaryl/α,β-unsaturated/α-hetero) is 1. The molecule has 0 bridgehead atoms. The number of amides is 1. The summed E-state index contributed by atoms with van der Waals surface area (Å²) in [5.41, 5.74) is 3.03. The third-order valence-corrected chi connectivity index (χ3v) is 7.59.